The van der Waals surface area contributed by atoms with Gasteiger partial charge in [-0.2, -0.15) is 0 Å². The van der Waals surface area contributed by atoms with Crippen LogP contribution in [0.5, 0.6) is 5.75 Å². The van der Waals surface area contributed by atoms with Crippen molar-refractivity contribution in [3.05, 3.63) is 52.5 Å². The van der Waals surface area contributed by atoms with Crippen molar-refractivity contribution in [2.75, 3.05) is 22.5 Å². The smallest absolute Gasteiger partial charge is 0.247 e. The number of ether oxygens (including phenoxy) is 1. The molecule has 1 unspecified atom stereocenters. The van der Waals surface area contributed by atoms with Crippen LogP contribution >= 0.6 is 23.2 Å². The molecule has 1 atom stereocenters. The first-order valence-corrected chi connectivity index (χ1v) is 10.7. The van der Waals surface area contributed by atoms with Crippen molar-refractivity contribution in [3.8, 4) is 5.75 Å². The lowest BCUT2D eigenvalue weighted by molar-refractivity contribution is -0.116. The number of halogens is 2. The first kappa shape index (κ1) is 21.3. The number of carbonyl (C=O) groups is 1. The van der Waals surface area contributed by atoms with Crippen LogP contribution < -0.4 is 14.4 Å². The zero-order valence-electron chi connectivity index (χ0n) is 15.1. The van der Waals surface area contributed by atoms with Crippen LogP contribution in [0.2, 0.25) is 10.0 Å². The van der Waals surface area contributed by atoms with Gasteiger partial charge in [0.25, 0.3) is 0 Å². The van der Waals surface area contributed by atoms with Gasteiger partial charge in [-0.3, -0.25) is 9.10 Å². The van der Waals surface area contributed by atoms with Gasteiger partial charge >= 0.3 is 0 Å². The van der Waals surface area contributed by atoms with Gasteiger partial charge in [0, 0.05) is 11.8 Å². The average molecular weight is 431 g/mol. The molecule has 0 aliphatic carbocycles. The fourth-order valence-electron chi connectivity index (χ4n) is 2.51. The molecule has 0 aliphatic heterocycles. The summed E-state index contributed by atoms with van der Waals surface area (Å²) >= 11 is 11.9. The van der Waals surface area contributed by atoms with E-state index in [1.54, 1.807) is 24.3 Å². The minimum Gasteiger partial charge on any atom is -0.494 e. The number of sulfonamides is 1. The molecule has 2 aromatic carbocycles. The minimum absolute atomic E-state index is 0.194. The molecule has 2 rings (SSSR count). The molecule has 1 amide bonds. The average Bonchev–Trinajstić information content (AvgIpc) is 2.57. The van der Waals surface area contributed by atoms with Gasteiger partial charge in [-0.1, -0.05) is 29.3 Å². The SMILES string of the molecule is CCOc1cccc(NC(=O)C(C)N(c2ccc(Cl)c(Cl)c2)S(C)(=O)=O)c1. The number of benzene rings is 2. The summed E-state index contributed by atoms with van der Waals surface area (Å²) in [5.41, 5.74) is 0.748. The van der Waals surface area contributed by atoms with Crippen LogP contribution in [0.15, 0.2) is 42.5 Å². The molecule has 0 aliphatic rings. The van der Waals surface area contributed by atoms with Crippen LogP contribution in [0, 0.1) is 0 Å². The Labute approximate surface area is 169 Å². The molecule has 6 nitrogen and oxygen atoms in total. The Kier molecular flexibility index (Phi) is 6.97. The lowest BCUT2D eigenvalue weighted by atomic mass is 10.2. The van der Waals surface area contributed by atoms with Crippen LogP contribution in [-0.2, 0) is 14.8 Å². The maximum absolute atomic E-state index is 12.7. The summed E-state index contributed by atoms with van der Waals surface area (Å²) in [6.45, 7) is 3.84. The van der Waals surface area contributed by atoms with Crippen molar-refractivity contribution in [3.63, 3.8) is 0 Å². The summed E-state index contributed by atoms with van der Waals surface area (Å²) < 4.78 is 31.0. The van der Waals surface area contributed by atoms with E-state index in [1.165, 1.54) is 25.1 Å². The van der Waals surface area contributed by atoms with Crippen molar-refractivity contribution in [2.24, 2.45) is 0 Å². The molecule has 146 valence electrons. The van der Waals surface area contributed by atoms with Crippen molar-refractivity contribution in [1.29, 1.82) is 0 Å². The van der Waals surface area contributed by atoms with Gasteiger partial charge in [-0.05, 0) is 44.2 Å². The number of nitrogens with zero attached hydrogens (tertiary/aromatic N) is 1. The van der Waals surface area contributed by atoms with Gasteiger partial charge in [0.1, 0.15) is 11.8 Å². The second-order valence-corrected chi connectivity index (χ2v) is 8.46. The van der Waals surface area contributed by atoms with Gasteiger partial charge in [-0.25, -0.2) is 8.42 Å². The Morgan fingerprint density at radius 3 is 2.48 bits per heavy atom. The highest BCUT2D eigenvalue weighted by Crippen LogP contribution is 2.30. The third kappa shape index (κ3) is 5.51. The summed E-state index contributed by atoms with van der Waals surface area (Å²) in [6, 6.07) is 10.2. The van der Waals surface area contributed by atoms with E-state index in [0.717, 1.165) is 10.6 Å². The molecule has 0 saturated carbocycles. The predicted molar refractivity (Wildman–Crippen MR) is 109 cm³/mol. The maximum Gasteiger partial charge on any atom is 0.247 e. The normalized spacial score (nSPS) is 12.3. The molecule has 0 bridgehead atoms. The Balaban J connectivity index is 2.29. The second-order valence-electron chi connectivity index (χ2n) is 5.78. The highest BCUT2D eigenvalue weighted by molar-refractivity contribution is 7.92. The lowest BCUT2D eigenvalue weighted by Gasteiger charge is -2.28. The Morgan fingerprint density at radius 1 is 1.19 bits per heavy atom. The van der Waals surface area contributed by atoms with E-state index in [4.69, 9.17) is 27.9 Å². The summed E-state index contributed by atoms with van der Waals surface area (Å²) in [6.07, 6.45) is 1.02. The van der Waals surface area contributed by atoms with Crippen molar-refractivity contribution in [1.82, 2.24) is 0 Å². The summed E-state index contributed by atoms with van der Waals surface area (Å²) in [5.74, 6) is 0.104. The zero-order valence-corrected chi connectivity index (χ0v) is 17.4. The number of carbonyl (C=O) groups excluding carboxylic acids is 1. The molecule has 0 aromatic heterocycles. The van der Waals surface area contributed by atoms with E-state index in [-0.39, 0.29) is 10.7 Å². The predicted octanol–water partition coefficient (Wildman–Crippen LogP) is 4.19. The fraction of sp³-hybridized carbons (Fsp3) is 0.278. The highest BCUT2D eigenvalue weighted by atomic mass is 35.5. The van der Waals surface area contributed by atoms with E-state index in [1.807, 2.05) is 6.92 Å². The van der Waals surface area contributed by atoms with Gasteiger partial charge < -0.3 is 10.1 Å². The minimum atomic E-state index is -3.75. The third-order valence-electron chi connectivity index (χ3n) is 3.66. The topological polar surface area (TPSA) is 75.7 Å². The van der Waals surface area contributed by atoms with Gasteiger partial charge in [0.2, 0.25) is 15.9 Å². The Morgan fingerprint density at radius 2 is 1.89 bits per heavy atom. The Hall–Kier alpha value is -1.96. The van der Waals surface area contributed by atoms with E-state index in [0.29, 0.717) is 23.1 Å². The second kappa shape index (κ2) is 8.82. The van der Waals surface area contributed by atoms with Crippen LogP contribution in [-0.4, -0.2) is 33.2 Å². The van der Waals surface area contributed by atoms with Gasteiger partial charge in [-0.15, -0.1) is 0 Å². The summed E-state index contributed by atoms with van der Waals surface area (Å²) in [7, 11) is -3.75. The van der Waals surface area contributed by atoms with Crippen LogP contribution in [0.25, 0.3) is 0 Å². The van der Waals surface area contributed by atoms with E-state index in [9.17, 15) is 13.2 Å². The highest BCUT2D eigenvalue weighted by Gasteiger charge is 2.29. The van der Waals surface area contributed by atoms with Crippen LogP contribution in [0.3, 0.4) is 0 Å². The molecule has 9 heteroatoms. The fourth-order valence-corrected chi connectivity index (χ4v) is 3.97. The van der Waals surface area contributed by atoms with Gasteiger partial charge in [0.15, 0.2) is 0 Å². The molecular formula is C18H20Cl2N2O4S. The standard InChI is InChI=1S/C18H20Cl2N2O4S/c1-4-26-15-7-5-6-13(10-15)21-18(23)12(2)22(27(3,24)25)14-8-9-16(19)17(20)11-14/h5-12H,4H2,1-3H3,(H,21,23). The molecule has 0 radical (unpaired) electrons. The molecule has 2 aromatic rings. The van der Waals surface area contributed by atoms with Crippen LogP contribution in [0.4, 0.5) is 11.4 Å². The summed E-state index contributed by atoms with van der Waals surface area (Å²) in [5, 5.41) is 3.19. The van der Waals surface area contributed by atoms with E-state index >= 15 is 0 Å². The number of amides is 1. The quantitative estimate of drug-likeness (QED) is 0.714. The largest absolute Gasteiger partial charge is 0.494 e. The molecule has 0 fully saturated rings. The monoisotopic (exact) mass is 430 g/mol. The van der Waals surface area contributed by atoms with E-state index < -0.39 is 22.0 Å². The van der Waals surface area contributed by atoms with Crippen molar-refractivity contribution >= 4 is 50.5 Å². The first-order valence-electron chi connectivity index (χ1n) is 8.11. The summed E-state index contributed by atoms with van der Waals surface area (Å²) in [4.78, 5) is 12.7. The number of hydrogen-bond acceptors (Lipinski definition) is 4. The van der Waals surface area contributed by atoms with Crippen molar-refractivity contribution < 1.29 is 17.9 Å². The number of hydrogen-bond donors (Lipinski definition) is 1. The third-order valence-corrected chi connectivity index (χ3v) is 5.64. The van der Waals surface area contributed by atoms with E-state index in [2.05, 4.69) is 5.32 Å². The number of anilines is 2. The van der Waals surface area contributed by atoms with Crippen LogP contribution in [0.1, 0.15) is 13.8 Å². The lowest BCUT2D eigenvalue weighted by Crippen LogP contribution is -2.45. The molecule has 0 saturated heterocycles. The molecule has 0 spiro atoms. The van der Waals surface area contributed by atoms with Gasteiger partial charge in [0.05, 0.1) is 28.6 Å². The molecule has 1 N–H and O–H groups in total. The maximum atomic E-state index is 12.7. The zero-order chi connectivity index (χ0) is 20.2. The first-order chi connectivity index (χ1) is 12.6. The molecule has 0 heterocycles. The molecular weight excluding hydrogens is 411 g/mol. The number of rotatable bonds is 7. The Bertz CT molecular complexity index is 935. The number of nitrogens with one attached hydrogen (secondary N) is 1. The molecule has 27 heavy (non-hydrogen) atoms. The van der Waals surface area contributed by atoms with Crippen molar-refractivity contribution in [2.45, 2.75) is 19.9 Å².